The second-order valence-corrected chi connectivity index (χ2v) is 7.76. The third kappa shape index (κ3) is 5.20. The number of amides is 2. The molecule has 2 heterocycles. The average molecular weight is 447 g/mol. The van der Waals surface area contributed by atoms with E-state index in [-0.39, 0.29) is 24.7 Å². The van der Waals surface area contributed by atoms with Gasteiger partial charge in [0.15, 0.2) is 0 Å². The Morgan fingerprint density at radius 3 is 2.36 bits per heavy atom. The SMILES string of the molecule is Cc1noc(C)c1COc1ccc(CC(=O)NNC(=O)Cc2nc3ccccc3n2C)cc1. The number of hydrogen-bond acceptors (Lipinski definition) is 6. The first-order chi connectivity index (χ1) is 15.9. The molecule has 33 heavy (non-hydrogen) atoms. The summed E-state index contributed by atoms with van der Waals surface area (Å²) < 4.78 is 12.8. The summed E-state index contributed by atoms with van der Waals surface area (Å²) in [6.07, 6.45) is 0.180. The van der Waals surface area contributed by atoms with Crippen LogP contribution in [0.3, 0.4) is 0 Å². The molecule has 0 unspecified atom stereocenters. The van der Waals surface area contributed by atoms with Gasteiger partial charge in [-0.15, -0.1) is 0 Å². The van der Waals surface area contributed by atoms with Gasteiger partial charge in [0.1, 0.15) is 23.9 Å². The number of rotatable bonds is 7. The molecule has 0 fully saturated rings. The monoisotopic (exact) mass is 447 g/mol. The van der Waals surface area contributed by atoms with E-state index in [1.165, 1.54) is 0 Å². The lowest BCUT2D eigenvalue weighted by Gasteiger charge is -2.09. The van der Waals surface area contributed by atoms with Crippen molar-refractivity contribution in [2.45, 2.75) is 33.3 Å². The standard InChI is InChI=1S/C24H25N5O4/c1-15-19(16(2)33-28-15)14-32-18-10-8-17(9-11-18)12-23(30)26-27-24(31)13-22-25-20-6-4-5-7-21(20)29(22)3/h4-11H,12-14H2,1-3H3,(H,26,30)(H,27,31). The Balaban J connectivity index is 1.24. The predicted octanol–water partition coefficient (Wildman–Crippen LogP) is 2.69. The number of hydrogen-bond donors (Lipinski definition) is 2. The molecule has 0 saturated carbocycles. The maximum atomic E-state index is 12.3. The highest BCUT2D eigenvalue weighted by atomic mass is 16.5. The molecule has 9 heteroatoms. The molecule has 2 aromatic heterocycles. The molecule has 170 valence electrons. The number of hydrazine groups is 1. The van der Waals surface area contributed by atoms with Crippen molar-refractivity contribution in [3.8, 4) is 5.75 Å². The molecule has 2 N–H and O–H groups in total. The lowest BCUT2D eigenvalue weighted by atomic mass is 10.1. The van der Waals surface area contributed by atoms with E-state index in [9.17, 15) is 9.59 Å². The summed E-state index contributed by atoms with van der Waals surface area (Å²) in [6.45, 7) is 4.07. The molecule has 4 aromatic rings. The fourth-order valence-corrected chi connectivity index (χ4v) is 3.48. The number of nitrogens with zero attached hydrogens (tertiary/aromatic N) is 3. The Labute approximate surface area is 190 Å². The molecule has 0 bridgehead atoms. The fraction of sp³-hybridized carbons (Fsp3) is 0.250. The molecular weight excluding hydrogens is 422 g/mol. The third-order valence-electron chi connectivity index (χ3n) is 5.39. The van der Waals surface area contributed by atoms with Crippen LogP contribution in [0.5, 0.6) is 5.75 Å². The highest BCUT2D eigenvalue weighted by Crippen LogP contribution is 2.18. The van der Waals surface area contributed by atoms with E-state index >= 15 is 0 Å². The van der Waals surface area contributed by atoms with E-state index < -0.39 is 0 Å². The summed E-state index contributed by atoms with van der Waals surface area (Å²) in [5, 5.41) is 3.91. The molecule has 0 radical (unpaired) electrons. The highest BCUT2D eigenvalue weighted by Gasteiger charge is 2.13. The van der Waals surface area contributed by atoms with Gasteiger partial charge in [-0.25, -0.2) is 4.98 Å². The minimum absolute atomic E-state index is 0.0582. The first-order valence-electron chi connectivity index (χ1n) is 10.5. The lowest BCUT2D eigenvalue weighted by molar-refractivity contribution is -0.128. The van der Waals surface area contributed by atoms with Gasteiger partial charge < -0.3 is 13.8 Å². The number of ether oxygens (including phenoxy) is 1. The molecule has 2 aromatic carbocycles. The van der Waals surface area contributed by atoms with Crippen LogP contribution in [0.15, 0.2) is 53.1 Å². The largest absolute Gasteiger partial charge is 0.489 e. The molecule has 4 rings (SSSR count). The summed E-state index contributed by atoms with van der Waals surface area (Å²) >= 11 is 0. The zero-order valence-electron chi connectivity index (χ0n) is 18.7. The van der Waals surface area contributed by atoms with Crippen molar-refractivity contribution in [3.05, 3.63) is 76.9 Å². The zero-order valence-corrected chi connectivity index (χ0v) is 18.7. The van der Waals surface area contributed by atoms with Gasteiger partial charge in [0.05, 0.1) is 35.1 Å². The number of benzene rings is 2. The van der Waals surface area contributed by atoms with Crippen molar-refractivity contribution in [1.82, 2.24) is 25.6 Å². The predicted molar refractivity (Wildman–Crippen MR) is 121 cm³/mol. The van der Waals surface area contributed by atoms with Gasteiger partial charge in [0, 0.05) is 7.05 Å². The summed E-state index contributed by atoms with van der Waals surface area (Å²) in [4.78, 5) is 28.9. The smallest absolute Gasteiger partial charge is 0.245 e. The number of imidazole rings is 1. The number of para-hydroxylation sites is 2. The van der Waals surface area contributed by atoms with Gasteiger partial charge in [-0.3, -0.25) is 20.4 Å². The van der Waals surface area contributed by atoms with Crippen LogP contribution in [0.1, 0.15) is 28.4 Å². The van der Waals surface area contributed by atoms with Crippen LogP contribution >= 0.6 is 0 Å². The third-order valence-corrected chi connectivity index (χ3v) is 5.39. The summed E-state index contributed by atoms with van der Waals surface area (Å²) in [6, 6.07) is 14.9. The van der Waals surface area contributed by atoms with E-state index in [0.717, 1.165) is 33.6 Å². The number of aryl methyl sites for hydroxylation is 3. The Hall–Kier alpha value is -4.14. The summed E-state index contributed by atoms with van der Waals surface area (Å²) in [5.74, 6) is 1.37. The van der Waals surface area contributed by atoms with Gasteiger partial charge in [0.2, 0.25) is 11.8 Å². The quantitative estimate of drug-likeness (QED) is 0.422. The van der Waals surface area contributed by atoms with E-state index in [0.29, 0.717) is 18.2 Å². The van der Waals surface area contributed by atoms with Crippen molar-refractivity contribution in [2.24, 2.45) is 7.05 Å². The van der Waals surface area contributed by atoms with Gasteiger partial charge in [0.25, 0.3) is 0 Å². The van der Waals surface area contributed by atoms with Crippen LogP contribution in [0.25, 0.3) is 11.0 Å². The average Bonchev–Trinajstić information content (AvgIpc) is 3.30. The van der Waals surface area contributed by atoms with Crippen LogP contribution in [-0.4, -0.2) is 26.5 Å². The first kappa shape index (κ1) is 22.1. The van der Waals surface area contributed by atoms with E-state index in [1.807, 2.05) is 61.9 Å². The van der Waals surface area contributed by atoms with Crippen molar-refractivity contribution < 1.29 is 18.8 Å². The minimum atomic E-state index is -0.343. The number of fused-ring (bicyclic) bond motifs is 1. The van der Waals surface area contributed by atoms with E-state index in [1.54, 1.807) is 12.1 Å². The van der Waals surface area contributed by atoms with Crippen molar-refractivity contribution >= 4 is 22.8 Å². The Morgan fingerprint density at radius 1 is 1.00 bits per heavy atom. The number of nitrogens with one attached hydrogen (secondary N) is 2. The van der Waals surface area contributed by atoms with Crippen LogP contribution in [0.4, 0.5) is 0 Å². The lowest BCUT2D eigenvalue weighted by Crippen LogP contribution is -2.43. The van der Waals surface area contributed by atoms with Gasteiger partial charge in [-0.1, -0.05) is 29.4 Å². The Kier molecular flexibility index (Phi) is 6.39. The van der Waals surface area contributed by atoms with Gasteiger partial charge in [-0.05, 0) is 43.7 Å². The molecule has 0 aliphatic carbocycles. The second-order valence-electron chi connectivity index (χ2n) is 7.76. The number of aromatic nitrogens is 3. The molecule has 0 aliphatic heterocycles. The van der Waals surface area contributed by atoms with Gasteiger partial charge in [-0.2, -0.15) is 0 Å². The molecule has 0 saturated heterocycles. The maximum Gasteiger partial charge on any atom is 0.245 e. The van der Waals surface area contributed by atoms with Crippen LogP contribution in [0, 0.1) is 13.8 Å². The summed E-state index contributed by atoms with van der Waals surface area (Å²) in [7, 11) is 1.86. The Morgan fingerprint density at radius 2 is 1.70 bits per heavy atom. The first-order valence-corrected chi connectivity index (χ1v) is 10.5. The maximum absolute atomic E-state index is 12.3. The molecule has 9 nitrogen and oxygen atoms in total. The van der Waals surface area contributed by atoms with Crippen LogP contribution < -0.4 is 15.6 Å². The minimum Gasteiger partial charge on any atom is -0.489 e. The van der Waals surface area contributed by atoms with Crippen molar-refractivity contribution in [1.29, 1.82) is 0 Å². The van der Waals surface area contributed by atoms with Gasteiger partial charge >= 0.3 is 0 Å². The normalized spacial score (nSPS) is 10.9. The molecule has 0 atom stereocenters. The van der Waals surface area contributed by atoms with Crippen LogP contribution in [-0.2, 0) is 36.1 Å². The van der Waals surface area contributed by atoms with E-state index in [2.05, 4.69) is 21.0 Å². The van der Waals surface area contributed by atoms with Crippen molar-refractivity contribution in [3.63, 3.8) is 0 Å². The molecule has 2 amide bonds. The van der Waals surface area contributed by atoms with E-state index in [4.69, 9.17) is 9.26 Å². The Bertz CT molecular complexity index is 1270. The van der Waals surface area contributed by atoms with Crippen molar-refractivity contribution in [2.75, 3.05) is 0 Å². The molecule has 0 aliphatic rings. The zero-order chi connectivity index (χ0) is 23.4. The van der Waals surface area contributed by atoms with Crippen LogP contribution in [0.2, 0.25) is 0 Å². The topological polar surface area (TPSA) is 111 Å². The second kappa shape index (κ2) is 9.56. The number of carbonyl (C=O) groups is 2. The highest BCUT2D eigenvalue weighted by molar-refractivity contribution is 5.85. The fourth-order valence-electron chi connectivity index (χ4n) is 3.48. The molecular formula is C24H25N5O4. The number of carbonyl (C=O) groups excluding carboxylic acids is 2. The molecule has 0 spiro atoms. The summed E-state index contributed by atoms with van der Waals surface area (Å²) in [5.41, 5.74) is 9.19.